The Kier molecular flexibility index (Phi) is 6.63. The molecule has 36 heavy (non-hydrogen) atoms. The van der Waals surface area contributed by atoms with Crippen molar-refractivity contribution >= 4 is 24.5 Å². The van der Waals surface area contributed by atoms with Gasteiger partial charge in [-0.2, -0.15) is 0 Å². The summed E-state index contributed by atoms with van der Waals surface area (Å²) in [4.78, 5) is 32.2. The number of ketones is 1. The summed E-state index contributed by atoms with van der Waals surface area (Å²) in [7, 11) is 1.39. The van der Waals surface area contributed by atoms with E-state index in [0.29, 0.717) is 25.3 Å². The molecule has 3 heterocycles. The molecule has 4 rings (SSSR count). The van der Waals surface area contributed by atoms with Crippen molar-refractivity contribution < 1.29 is 23.6 Å². The molecule has 1 saturated heterocycles. The number of rotatable bonds is 4. The summed E-state index contributed by atoms with van der Waals surface area (Å²) in [5, 5.41) is 0. The third kappa shape index (κ3) is 4.96. The topological polar surface area (TPSA) is 82.9 Å². The monoisotopic (exact) mass is 495 g/mol. The van der Waals surface area contributed by atoms with Crippen molar-refractivity contribution in [3.63, 3.8) is 0 Å². The molecule has 1 aromatic carbocycles. The van der Waals surface area contributed by atoms with Gasteiger partial charge in [-0.3, -0.25) is 4.79 Å². The van der Waals surface area contributed by atoms with E-state index in [2.05, 4.69) is 4.98 Å². The fourth-order valence-corrected chi connectivity index (χ4v) is 4.63. The maximum atomic E-state index is 13.4. The zero-order chi connectivity index (χ0) is 26.6. The number of hydrogen-bond donors (Lipinski definition) is 0. The minimum atomic E-state index is -0.560. The van der Waals surface area contributed by atoms with Crippen LogP contribution in [0.15, 0.2) is 18.2 Å². The fourth-order valence-electron chi connectivity index (χ4n) is 4.63. The van der Waals surface area contributed by atoms with Gasteiger partial charge in [0.25, 0.3) is 0 Å². The van der Waals surface area contributed by atoms with E-state index in [9.17, 15) is 9.59 Å². The van der Waals surface area contributed by atoms with Crippen LogP contribution in [0.5, 0.6) is 0 Å². The van der Waals surface area contributed by atoms with Gasteiger partial charge in [0, 0.05) is 32.1 Å². The number of carbonyl (C=O) groups excluding carboxylic acids is 2. The molecular formula is C27H38BN3O5. The van der Waals surface area contributed by atoms with Crippen LogP contribution in [0.2, 0.25) is 0 Å². The lowest BCUT2D eigenvalue weighted by Gasteiger charge is -2.32. The SMILES string of the molecule is Cc1c(CC(=O)c2nc3c(n2C)CCN(C(=O)OC(C)(C)C)C3)cccc1B1OC(C)(C)C(C)(C)O1. The fraction of sp³-hybridized carbons (Fsp3) is 0.593. The number of aromatic nitrogens is 2. The molecule has 1 amide bonds. The van der Waals surface area contributed by atoms with Gasteiger partial charge in [-0.1, -0.05) is 18.2 Å². The van der Waals surface area contributed by atoms with Gasteiger partial charge in [0.05, 0.1) is 23.4 Å². The average Bonchev–Trinajstić information content (AvgIpc) is 3.20. The first-order valence-electron chi connectivity index (χ1n) is 12.6. The zero-order valence-electron chi connectivity index (χ0n) is 23.0. The lowest BCUT2D eigenvalue weighted by Crippen LogP contribution is -2.41. The summed E-state index contributed by atoms with van der Waals surface area (Å²) in [6.45, 7) is 16.5. The van der Waals surface area contributed by atoms with Crippen molar-refractivity contribution in [2.75, 3.05) is 6.54 Å². The summed E-state index contributed by atoms with van der Waals surface area (Å²) in [5.74, 6) is 0.344. The standard InChI is InChI=1S/C27H38BN3O5/c1-17-18(11-10-12-19(17)28-35-26(5,6)27(7,8)36-28)15-22(32)23-29-20-16-31(14-13-21(20)30(23)9)24(33)34-25(2,3)4/h10-12H,13-16H2,1-9H3. The summed E-state index contributed by atoms with van der Waals surface area (Å²) in [6, 6.07) is 5.91. The quantitative estimate of drug-likeness (QED) is 0.475. The first-order valence-corrected chi connectivity index (χ1v) is 12.6. The number of amides is 1. The number of Topliss-reactive ketones (excluding diaryl/α,β-unsaturated/α-hetero) is 1. The van der Waals surface area contributed by atoms with Crippen molar-refractivity contribution in [1.82, 2.24) is 14.5 Å². The van der Waals surface area contributed by atoms with Crippen molar-refractivity contribution in [3.05, 3.63) is 46.5 Å². The highest BCUT2D eigenvalue weighted by Crippen LogP contribution is 2.36. The second-order valence-corrected chi connectivity index (χ2v) is 11.9. The molecule has 0 unspecified atom stereocenters. The number of hydrogen-bond acceptors (Lipinski definition) is 6. The van der Waals surface area contributed by atoms with E-state index >= 15 is 0 Å². The molecule has 0 saturated carbocycles. The molecule has 0 aliphatic carbocycles. The van der Waals surface area contributed by atoms with Gasteiger partial charge in [0.15, 0.2) is 5.82 Å². The van der Waals surface area contributed by atoms with Crippen LogP contribution in [0.25, 0.3) is 0 Å². The smallest absolute Gasteiger partial charge is 0.444 e. The molecule has 0 radical (unpaired) electrons. The Morgan fingerprint density at radius 2 is 1.78 bits per heavy atom. The van der Waals surface area contributed by atoms with Crippen LogP contribution in [0.3, 0.4) is 0 Å². The highest BCUT2D eigenvalue weighted by atomic mass is 16.7. The minimum absolute atomic E-state index is 0.0649. The predicted molar refractivity (Wildman–Crippen MR) is 138 cm³/mol. The van der Waals surface area contributed by atoms with Crippen LogP contribution in [0, 0.1) is 6.92 Å². The second kappa shape index (κ2) is 9.03. The number of nitrogens with zero attached hydrogens (tertiary/aromatic N) is 3. The molecule has 0 bridgehead atoms. The van der Waals surface area contributed by atoms with Gasteiger partial charge in [0.1, 0.15) is 5.60 Å². The van der Waals surface area contributed by atoms with E-state index in [1.807, 2.05) is 85.2 Å². The Bertz CT molecular complexity index is 1180. The van der Waals surface area contributed by atoms with Crippen LogP contribution >= 0.6 is 0 Å². The van der Waals surface area contributed by atoms with Crippen molar-refractivity contribution in [2.24, 2.45) is 7.05 Å². The number of imidazole rings is 1. The van der Waals surface area contributed by atoms with E-state index in [1.54, 1.807) is 4.90 Å². The highest BCUT2D eigenvalue weighted by Gasteiger charge is 2.52. The molecule has 2 aromatic rings. The summed E-state index contributed by atoms with van der Waals surface area (Å²) >= 11 is 0. The normalized spacial score (nSPS) is 18.8. The van der Waals surface area contributed by atoms with Crippen molar-refractivity contribution in [1.29, 1.82) is 0 Å². The van der Waals surface area contributed by atoms with E-state index in [1.165, 1.54) is 0 Å². The molecule has 1 fully saturated rings. The molecule has 2 aliphatic heterocycles. The minimum Gasteiger partial charge on any atom is -0.444 e. The van der Waals surface area contributed by atoms with Gasteiger partial charge in [-0.05, 0) is 72.0 Å². The lowest BCUT2D eigenvalue weighted by molar-refractivity contribution is 0.00578. The van der Waals surface area contributed by atoms with Crippen LogP contribution in [0.4, 0.5) is 4.79 Å². The maximum Gasteiger partial charge on any atom is 0.495 e. The first kappa shape index (κ1) is 26.4. The number of ether oxygens (including phenoxy) is 1. The Labute approximate surface area is 214 Å². The van der Waals surface area contributed by atoms with Gasteiger partial charge < -0.3 is 23.5 Å². The highest BCUT2D eigenvalue weighted by molar-refractivity contribution is 6.62. The predicted octanol–water partition coefficient (Wildman–Crippen LogP) is 3.75. The van der Waals surface area contributed by atoms with Crippen molar-refractivity contribution in [3.8, 4) is 0 Å². The zero-order valence-corrected chi connectivity index (χ0v) is 23.0. The van der Waals surface area contributed by atoms with E-state index in [4.69, 9.17) is 14.0 Å². The third-order valence-corrected chi connectivity index (χ3v) is 7.50. The molecule has 0 spiro atoms. The lowest BCUT2D eigenvalue weighted by atomic mass is 9.74. The average molecular weight is 495 g/mol. The Balaban J connectivity index is 1.52. The Morgan fingerprint density at radius 3 is 2.39 bits per heavy atom. The number of fused-ring (bicyclic) bond motifs is 1. The third-order valence-electron chi connectivity index (χ3n) is 7.50. The van der Waals surface area contributed by atoms with Gasteiger partial charge in [-0.15, -0.1) is 0 Å². The molecule has 0 N–H and O–H groups in total. The Morgan fingerprint density at radius 1 is 1.14 bits per heavy atom. The van der Waals surface area contributed by atoms with Crippen molar-refractivity contribution in [2.45, 2.75) is 91.6 Å². The first-order chi connectivity index (χ1) is 16.6. The summed E-state index contributed by atoms with van der Waals surface area (Å²) in [6.07, 6.45) is 0.488. The van der Waals surface area contributed by atoms with E-state index in [0.717, 1.165) is 28.0 Å². The summed E-state index contributed by atoms with van der Waals surface area (Å²) < 4.78 is 19.9. The molecule has 1 aromatic heterocycles. The van der Waals surface area contributed by atoms with Crippen LogP contribution in [-0.4, -0.2) is 56.8 Å². The van der Waals surface area contributed by atoms with Gasteiger partial charge in [-0.25, -0.2) is 9.78 Å². The molecule has 194 valence electrons. The maximum absolute atomic E-state index is 13.4. The number of carbonyl (C=O) groups is 2. The molecule has 0 atom stereocenters. The molecular weight excluding hydrogens is 457 g/mol. The van der Waals surface area contributed by atoms with Gasteiger partial charge in [0.2, 0.25) is 5.78 Å². The summed E-state index contributed by atoms with van der Waals surface area (Å²) in [5.41, 5.74) is 3.15. The van der Waals surface area contributed by atoms with Crippen LogP contribution in [-0.2, 0) is 40.5 Å². The Hall–Kier alpha value is -2.65. The molecule has 9 heteroatoms. The van der Waals surface area contributed by atoms with E-state index < -0.39 is 23.9 Å². The van der Waals surface area contributed by atoms with Crippen LogP contribution < -0.4 is 5.46 Å². The molecule has 2 aliphatic rings. The largest absolute Gasteiger partial charge is 0.495 e. The van der Waals surface area contributed by atoms with E-state index in [-0.39, 0.29) is 18.3 Å². The van der Waals surface area contributed by atoms with Crippen LogP contribution in [0.1, 0.15) is 81.6 Å². The van der Waals surface area contributed by atoms with Gasteiger partial charge >= 0.3 is 13.2 Å². The number of benzene rings is 1. The second-order valence-electron chi connectivity index (χ2n) is 11.9. The molecule has 8 nitrogen and oxygen atoms in total.